The number of aliphatic imine (C=N–C) groups is 1. The molecule has 0 radical (unpaired) electrons. The average Bonchev–Trinajstić information content (AvgIpc) is 2.55. The van der Waals surface area contributed by atoms with Gasteiger partial charge in [-0.3, -0.25) is 0 Å². The molecular formula is C16H18F3IN4O2. The van der Waals surface area contributed by atoms with Gasteiger partial charge in [0.15, 0.2) is 5.96 Å². The van der Waals surface area contributed by atoms with Gasteiger partial charge in [-0.25, -0.2) is 9.98 Å². The number of nitrogens with zero attached hydrogens (tertiary/aromatic N) is 2. The van der Waals surface area contributed by atoms with Crippen molar-refractivity contribution in [1.82, 2.24) is 4.98 Å². The Bertz CT molecular complexity index is 724. The lowest BCUT2D eigenvalue weighted by Crippen LogP contribution is -2.22. The number of ether oxygens (including phenoxy) is 2. The summed E-state index contributed by atoms with van der Waals surface area (Å²) in [4.78, 5) is 8.28. The van der Waals surface area contributed by atoms with Gasteiger partial charge in [-0.15, -0.1) is 37.1 Å². The Morgan fingerprint density at radius 2 is 1.92 bits per heavy atom. The van der Waals surface area contributed by atoms with E-state index in [1.54, 1.807) is 12.3 Å². The van der Waals surface area contributed by atoms with Crippen molar-refractivity contribution < 1.29 is 22.6 Å². The first-order chi connectivity index (χ1) is 11.9. The molecule has 0 bridgehead atoms. The maximum absolute atomic E-state index is 12.1. The Morgan fingerprint density at radius 3 is 2.54 bits per heavy atom. The quantitative estimate of drug-likeness (QED) is 0.371. The van der Waals surface area contributed by atoms with Crippen molar-refractivity contribution in [3.8, 4) is 11.6 Å². The number of nitrogens with one attached hydrogen (secondary N) is 1. The van der Waals surface area contributed by atoms with Crippen LogP contribution in [0, 0.1) is 0 Å². The van der Waals surface area contributed by atoms with Crippen LogP contribution in [-0.2, 0) is 6.54 Å². The first kappa shape index (κ1) is 21.8. The van der Waals surface area contributed by atoms with Gasteiger partial charge in [0.05, 0.1) is 13.2 Å². The first-order valence-corrected chi connectivity index (χ1v) is 7.37. The molecule has 0 unspecified atom stereocenters. The molecule has 6 nitrogen and oxygen atoms in total. The molecule has 2 rings (SSSR count). The van der Waals surface area contributed by atoms with Gasteiger partial charge in [0, 0.05) is 17.4 Å². The van der Waals surface area contributed by atoms with Gasteiger partial charge >= 0.3 is 6.36 Å². The second-order valence-corrected chi connectivity index (χ2v) is 4.80. The maximum Gasteiger partial charge on any atom is 0.573 e. The molecule has 142 valence electrons. The van der Waals surface area contributed by atoms with Crippen LogP contribution >= 0.6 is 24.0 Å². The lowest BCUT2D eigenvalue weighted by atomic mass is 10.3. The fraction of sp³-hybridized carbons (Fsp3) is 0.250. The first-order valence-electron chi connectivity index (χ1n) is 7.37. The summed E-state index contributed by atoms with van der Waals surface area (Å²) in [5.41, 5.74) is 7.03. The number of pyridine rings is 1. The summed E-state index contributed by atoms with van der Waals surface area (Å²) in [6, 6.07) is 8.74. The Balaban J connectivity index is 0.00000338. The van der Waals surface area contributed by atoms with Crippen LogP contribution in [0.25, 0.3) is 0 Å². The van der Waals surface area contributed by atoms with Crippen molar-refractivity contribution in [2.24, 2.45) is 10.7 Å². The Kier molecular flexibility index (Phi) is 8.42. The topological polar surface area (TPSA) is 81.8 Å². The number of aromatic nitrogens is 1. The monoisotopic (exact) mass is 482 g/mol. The Labute approximate surface area is 165 Å². The minimum atomic E-state index is -4.72. The summed E-state index contributed by atoms with van der Waals surface area (Å²) in [5.74, 6) is 0.274. The van der Waals surface area contributed by atoms with Crippen LogP contribution in [0.15, 0.2) is 47.6 Å². The van der Waals surface area contributed by atoms with Crippen molar-refractivity contribution in [3.63, 3.8) is 0 Å². The van der Waals surface area contributed by atoms with E-state index in [1.165, 1.54) is 24.3 Å². The standard InChI is InChI=1S/C16H17F3N4O2.HI/c1-2-24-14-11(4-3-9-21-14)10-22-15(20)23-12-5-7-13(8-6-12)25-16(17,18)19;/h3-9H,2,10H2,1H3,(H3,20,22,23);1H. The number of halogens is 4. The van der Waals surface area contributed by atoms with Gasteiger partial charge in [-0.05, 0) is 37.3 Å². The molecule has 1 aromatic carbocycles. The number of nitrogens with two attached hydrogens (primary N) is 1. The van der Waals surface area contributed by atoms with Crippen LogP contribution in [0.5, 0.6) is 11.6 Å². The number of benzene rings is 1. The van der Waals surface area contributed by atoms with Crippen LogP contribution < -0.4 is 20.5 Å². The number of rotatable bonds is 6. The van der Waals surface area contributed by atoms with Crippen LogP contribution in [0.3, 0.4) is 0 Å². The van der Waals surface area contributed by atoms with Crippen LogP contribution in [0.2, 0.25) is 0 Å². The van der Waals surface area contributed by atoms with Crippen molar-refractivity contribution in [2.45, 2.75) is 19.8 Å². The Hall–Kier alpha value is -2.24. The molecule has 26 heavy (non-hydrogen) atoms. The molecule has 0 aliphatic heterocycles. The summed E-state index contributed by atoms with van der Waals surface area (Å²) in [7, 11) is 0. The summed E-state index contributed by atoms with van der Waals surface area (Å²) in [6.45, 7) is 2.58. The number of anilines is 1. The smallest absolute Gasteiger partial charge is 0.478 e. The molecule has 3 N–H and O–H groups in total. The molecule has 1 heterocycles. The predicted molar refractivity (Wildman–Crippen MR) is 103 cm³/mol. The molecule has 0 aliphatic carbocycles. The highest BCUT2D eigenvalue weighted by atomic mass is 127. The summed E-state index contributed by atoms with van der Waals surface area (Å²) in [5, 5.41) is 2.78. The summed E-state index contributed by atoms with van der Waals surface area (Å²) >= 11 is 0. The molecule has 0 fully saturated rings. The van der Waals surface area contributed by atoms with E-state index < -0.39 is 6.36 Å². The number of guanidine groups is 1. The highest BCUT2D eigenvalue weighted by Crippen LogP contribution is 2.24. The third-order valence-electron chi connectivity index (χ3n) is 2.91. The molecule has 1 aromatic heterocycles. The molecule has 10 heteroatoms. The third kappa shape index (κ3) is 7.33. The zero-order chi connectivity index (χ0) is 18.3. The lowest BCUT2D eigenvalue weighted by Gasteiger charge is -2.10. The molecule has 2 aromatic rings. The van der Waals surface area contributed by atoms with Crippen molar-refractivity contribution in [3.05, 3.63) is 48.2 Å². The van der Waals surface area contributed by atoms with Gasteiger partial charge in [-0.1, -0.05) is 6.07 Å². The average molecular weight is 482 g/mol. The van der Waals surface area contributed by atoms with Gasteiger partial charge in [-0.2, -0.15) is 0 Å². The molecule has 0 spiro atoms. The van der Waals surface area contributed by atoms with Gasteiger partial charge < -0.3 is 20.5 Å². The fourth-order valence-electron chi connectivity index (χ4n) is 1.91. The van der Waals surface area contributed by atoms with E-state index in [2.05, 4.69) is 20.0 Å². The van der Waals surface area contributed by atoms with Crippen LogP contribution in [0.4, 0.5) is 18.9 Å². The second-order valence-electron chi connectivity index (χ2n) is 4.80. The van der Waals surface area contributed by atoms with E-state index >= 15 is 0 Å². The number of hydrogen-bond donors (Lipinski definition) is 2. The van der Waals surface area contributed by atoms with Gasteiger partial charge in [0.1, 0.15) is 5.75 Å². The minimum Gasteiger partial charge on any atom is -0.478 e. The normalized spacial score (nSPS) is 11.5. The van der Waals surface area contributed by atoms with Crippen molar-refractivity contribution in [2.75, 3.05) is 11.9 Å². The van der Waals surface area contributed by atoms with E-state index in [0.29, 0.717) is 18.2 Å². The van der Waals surface area contributed by atoms with E-state index in [9.17, 15) is 13.2 Å². The summed E-state index contributed by atoms with van der Waals surface area (Å²) in [6.07, 6.45) is -3.11. The van der Waals surface area contributed by atoms with E-state index in [0.717, 1.165) is 5.56 Å². The number of hydrogen-bond acceptors (Lipinski definition) is 4. The second kappa shape index (κ2) is 10.0. The van der Waals surface area contributed by atoms with Crippen molar-refractivity contribution in [1.29, 1.82) is 0 Å². The fourth-order valence-corrected chi connectivity index (χ4v) is 1.91. The third-order valence-corrected chi connectivity index (χ3v) is 2.91. The molecule has 0 atom stereocenters. The van der Waals surface area contributed by atoms with Gasteiger partial charge in [0.2, 0.25) is 5.88 Å². The molecule has 0 aliphatic rings. The minimum absolute atomic E-state index is 0. The SMILES string of the molecule is CCOc1ncccc1CN=C(N)Nc1ccc(OC(F)(F)F)cc1.I. The van der Waals surface area contributed by atoms with E-state index in [1.807, 2.05) is 13.0 Å². The maximum atomic E-state index is 12.1. The van der Waals surface area contributed by atoms with Crippen LogP contribution in [-0.4, -0.2) is 23.9 Å². The largest absolute Gasteiger partial charge is 0.573 e. The van der Waals surface area contributed by atoms with E-state index in [-0.39, 0.29) is 42.2 Å². The molecule has 0 saturated carbocycles. The van der Waals surface area contributed by atoms with Crippen LogP contribution in [0.1, 0.15) is 12.5 Å². The molecular weight excluding hydrogens is 464 g/mol. The zero-order valence-corrected chi connectivity index (χ0v) is 16.1. The summed E-state index contributed by atoms with van der Waals surface area (Å²) < 4.78 is 45.5. The lowest BCUT2D eigenvalue weighted by molar-refractivity contribution is -0.274. The number of alkyl halides is 3. The highest BCUT2D eigenvalue weighted by Gasteiger charge is 2.30. The van der Waals surface area contributed by atoms with Crippen molar-refractivity contribution >= 4 is 35.6 Å². The highest BCUT2D eigenvalue weighted by molar-refractivity contribution is 14.0. The predicted octanol–water partition coefficient (Wildman–Crippen LogP) is 3.92. The van der Waals surface area contributed by atoms with Gasteiger partial charge in [0.25, 0.3) is 0 Å². The zero-order valence-electron chi connectivity index (χ0n) is 13.8. The molecule has 0 amide bonds. The molecule has 0 saturated heterocycles. The van der Waals surface area contributed by atoms with E-state index in [4.69, 9.17) is 10.5 Å². The Morgan fingerprint density at radius 1 is 1.23 bits per heavy atom.